The molecule has 4 aromatic heterocycles. The number of morpholine rings is 1. The van der Waals surface area contributed by atoms with E-state index in [4.69, 9.17) is 29.0 Å². The first kappa shape index (κ1) is 29.6. The van der Waals surface area contributed by atoms with Crippen molar-refractivity contribution >= 4 is 38.1 Å². The Hall–Kier alpha value is -4.43. The maximum atomic E-state index is 9.19. The van der Waals surface area contributed by atoms with Crippen LogP contribution in [0.1, 0.15) is 17.8 Å². The van der Waals surface area contributed by atoms with Gasteiger partial charge in [-0.3, -0.25) is 13.9 Å². The largest absolute Gasteiger partial charge is 0.471 e. The standard InChI is InChI=1S/C30H29N7O2.CH4O3S/c1-2-4-26-21(3-1)6-8-28(35-26)39-20-24-19-37-27(18-33-29(30(37)34-24)36-13-15-38-16-14-36)23-5-7-25(32-17-23)22-9-11-31-12-10-22;1-5(2,3)4/h1-9,17-19,31H,10-16,20H2;1H3,(H,2,3,4). The number of nitrogens with one attached hydrogen (secondary N) is 1. The number of nitrogens with zero attached hydrogens (tertiary/aromatic N) is 6. The van der Waals surface area contributed by atoms with Crippen molar-refractivity contribution in [2.24, 2.45) is 0 Å². The van der Waals surface area contributed by atoms with Crippen molar-refractivity contribution in [2.75, 3.05) is 50.5 Å². The highest BCUT2D eigenvalue weighted by Crippen LogP contribution is 2.28. The summed E-state index contributed by atoms with van der Waals surface area (Å²) in [7, 11) is -3.67. The second-order valence-electron chi connectivity index (χ2n) is 10.5. The van der Waals surface area contributed by atoms with Gasteiger partial charge in [-0.15, -0.1) is 0 Å². The molecule has 1 fully saturated rings. The minimum absolute atomic E-state index is 0.300. The van der Waals surface area contributed by atoms with E-state index in [-0.39, 0.29) is 0 Å². The second kappa shape index (κ2) is 13.1. The van der Waals surface area contributed by atoms with Crippen molar-refractivity contribution in [1.29, 1.82) is 0 Å². The molecule has 1 saturated heterocycles. The van der Waals surface area contributed by atoms with Crippen LogP contribution in [0.3, 0.4) is 0 Å². The van der Waals surface area contributed by atoms with Gasteiger partial charge in [0, 0.05) is 49.0 Å². The van der Waals surface area contributed by atoms with Crippen LogP contribution in [-0.4, -0.2) is 83.0 Å². The topological polar surface area (TPSA) is 144 Å². The van der Waals surface area contributed by atoms with E-state index in [1.54, 1.807) is 0 Å². The van der Waals surface area contributed by atoms with Gasteiger partial charge in [-0.25, -0.2) is 15.0 Å². The number of benzene rings is 1. The molecule has 0 saturated carbocycles. The van der Waals surface area contributed by atoms with E-state index in [0.717, 1.165) is 77.6 Å². The number of imidazole rings is 1. The van der Waals surface area contributed by atoms with Crippen LogP contribution >= 0.6 is 0 Å². The molecule has 44 heavy (non-hydrogen) atoms. The molecule has 0 amide bonds. The number of rotatable bonds is 6. The van der Waals surface area contributed by atoms with E-state index < -0.39 is 10.1 Å². The van der Waals surface area contributed by atoms with Crippen molar-refractivity contribution < 1.29 is 22.4 Å². The van der Waals surface area contributed by atoms with Crippen LogP contribution in [-0.2, 0) is 21.5 Å². The van der Waals surface area contributed by atoms with Crippen molar-refractivity contribution in [3.05, 3.63) is 84.6 Å². The van der Waals surface area contributed by atoms with E-state index in [2.05, 4.69) is 37.8 Å². The third-order valence-corrected chi connectivity index (χ3v) is 7.23. The summed E-state index contributed by atoms with van der Waals surface area (Å²) in [6.07, 6.45) is 9.79. The Morgan fingerprint density at radius 1 is 1.02 bits per heavy atom. The van der Waals surface area contributed by atoms with Gasteiger partial charge in [0.25, 0.3) is 10.1 Å². The number of aromatic nitrogens is 5. The summed E-state index contributed by atoms with van der Waals surface area (Å²) in [4.78, 5) is 21.5. The molecule has 7 rings (SSSR count). The number of hydrogen-bond donors (Lipinski definition) is 2. The van der Waals surface area contributed by atoms with Crippen molar-refractivity contribution in [2.45, 2.75) is 13.0 Å². The predicted molar refractivity (Wildman–Crippen MR) is 168 cm³/mol. The zero-order chi connectivity index (χ0) is 30.5. The van der Waals surface area contributed by atoms with Crippen molar-refractivity contribution in [3.63, 3.8) is 0 Å². The van der Waals surface area contributed by atoms with Gasteiger partial charge in [0.15, 0.2) is 11.5 Å². The maximum absolute atomic E-state index is 9.19. The van der Waals surface area contributed by atoms with Crippen LogP contribution in [0.5, 0.6) is 5.88 Å². The number of anilines is 1. The number of pyridine rings is 2. The molecule has 2 N–H and O–H groups in total. The van der Waals surface area contributed by atoms with Crippen molar-refractivity contribution in [3.8, 4) is 17.1 Å². The summed E-state index contributed by atoms with van der Waals surface area (Å²) in [5.74, 6) is 1.42. The molecule has 2 aliphatic heterocycles. The number of hydrogen-bond acceptors (Lipinski definition) is 10. The lowest BCUT2D eigenvalue weighted by Crippen LogP contribution is -2.37. The smallest absolute Gasteiger partial charge is 0.261 e. The zero-order valence-corrected chi connectivity index (χ0v) is 25.1. The Morgan fingerprint density at radius 3 is 2.59 bits per heavy atom. The Balaban J connectivity index is 0.000000637. The number of ether oxygens (including phenoxy) is 2. The summed E-state index contributed by atoms with van der Waals surface area (Å²) >= 11 is 0. The van der Waals surface area contributed by atoms with E-state index in [1.165, 1.54) is 5.57 Å². The molecule has 13 heteroatoms. The van der Waals surface area contributed by atoms with Gasteiger partial charge in [-0.2, -0.15) is 8.42 Å². The first-order chi connectivity index (χ1) is 21.3. The van der Waals surface area contributed by atoms with Crippen molar-refractivity contribution in [1.82, 2.24) is 29.7 Å². The monoisotopic (exact) mass is 615 g/mol. The molecule has 5 aromatic rings. The molecule has 0 radical (unpaired) electrons. The molecule has 0 unspecified atom stereocenters. The van der Waals surface area contributed by atoms with E-state index >= 15 is 0 Å². The van der Waals surface area contributed by atoms with Gasteiger partial charge in [-0.1, -0.05) is 24.3 Å². The first-order valence-corrected chi connectivity index (χ1v) is 16.1. The molecule has 2 aliphatic rings. The predicted octanol–water partition coefficient (Wildman–Crippen LogP) is 3.64. The molecule has 0 aliphatic carbocycles. The fourth-order valence-corrected chi connectivity index (χ4v) is 5.16. The lowest BCUT2D eigenvalue weighted by atomic mass is 10.0. The third kappa shape index (κ3) is 7.19. The second-order valence-corrected chi connectivity index (χ2v) is 11.9. The molecule has 1 aromatic carbocycles. The molecule has 0 spiro atoms. The summed E-state index contributed by atoms with van der Waals surface area (Å²) in [6, 6.07) is 16.2. The molecule has 228 valence electrons. The summed E-state index contributed by atoms with van der Waals surface area (Å²) < 4.78 is 39.6. The SMILES string of the molecule is C1=C(c2ccc(-c3cnc(N4CCOCC4)c4nc(COc5ccc6ccccc6n5)cn34)cn2)CCNC1.CS(=O)(=O)O. The summed E-state index contributed by atoms with van der Waals surface area (Å²) in [5, 5.41) is 4.44. The average molecular weight is 616 g/mol. The molecule has 6 heterocycles. The highest BCUT2D eigenvalue weighted by molar-refractivity contribution is 7.85. The van der Waals surface area contributed by atoms with Crippen LogP contribution in [0.4, 0.5) is 5.82 Å². The van der Waals surface area contributed by atoms with Gasteiger partial charge < -0.3 is 19.7 Å². The maximum Gasteiger partial charge on any atom is 0.261 e. The number of fused-ring (bicyclic) bond motifs is 2. The normalized spacial score (nSPS) is 15.5. The Labute approximate surface area is 255 Å². The number of para-hydroxylation sites is 1. The summed E-state index contributed by atoms with van der Waals surface area (Å²) in [5.41, 5.74) is 6.74. The minimum atomic E-state index is -3.67. The highest BCUT2D eigenvalue weighted by atomic mass is 32.2. The van der Waals surface area contributed by atoms with Gasteiger partial charge in [0.05, 0.1) is 48.3 Å². The van der Waals surface area contributed by atoms with Crippen LogP contribution < -0.4 is 15.0 Å². The Morgan fingerprint density at radius 2 is 1.84 bits per heavy atom. The lowest BCUT2D eigenvalue weighted by molar-refractivity contribution is 0.122. The molecule has 0 bridgehead atoms. The average Bonchev–Trinajstić information content (AvgIpc) is 3.48. The fourth-order valence-electron chi connectivity index (χ4n) is 5.16. The van der Waals surface area contributed by atoms with Gasteiger partial charge in [0.1, 0.15) is 6.61 Å². The van der Waals surface area contributed by atoms with Gasteiger partial charge >= 0.3 is 0 Å². The van der Waals surface area contributed by atoms with Gasteiger partial charge in [-0.05, 0) is 42.8 Å². The Kier molecular flexibility index (Phi) is 8.79. The lowest BCUT2D eigenvalue weighted by Gasteiger charge is -2.28. The van der Waals surface area contributed by atoms with E-state index in [9.17, 15) is 8.42 Å². The van der Waals surface area contributed by atoms with Crippen LogP contribution in [0, 0.1) is 0 Å². The zero-order valence-electron chi connectivity index (χ0n) is 24.3. The molecule has 0 atom stereocenters. The first-order valence-electron chi connectivity index (χ1n) is 14.3. The summed E-state index contributed by atoms with van der Waals surface area (Å²) in [6.45, 7) is 5.09. The van der Waals surface area contributed by atoms with E-state index in [1.807, 2.05) is 55.0 Å². The van der Waals surface area contributed by atoms with E-state index in [0.29, 0.717) is 32.0 Å². The fraction of sp³-hybridized carbons (Fsp3) is 0.290. The van der Waals surface area contributed by atoms with Crippen LogP contribution in [0.2, 0.25) is 0 Å². The third-order valence-electron chi connectivity index (χ3n) is 7.23. The highest BCUT2D eigenvalue weighted by Gasteiger charge is 2.20. The minimum Gasteiger partial charge on any atom is -0.471 e. The van der Waals surface area contributed by atoms with Crippen LogP contribution in [0.15, 0.2) is 73.2 Å². The molecular formula is C31H33N7O5S. The van der Waals surface area contributed by atoms with Gasteiger partial charge in [0.2, 0.25) is 5.88 Å². The van der Waals surface area contributed by atoms with Crippen LogP contribution in [0.25, 0.3) is 33.4 Å². The molecule has 12 nitrogen and oxygen atoms in total. The Bertz CT molecular complexity index is 1890. The quantitative estimate of drug-likeness (QED) is 0.270. The molecular weight excluding hydrogens is 582 g/mol.